The Kier molecular flexibility index (Phi) is 4.35. The molecule has 0 aliphatic carbocycles. The maximum atomic E-state index is 13.0. The van der Waals surface area contributed by atoms with Crippen molar-refractivity contribution in [2.24, 2.45) is 0 Å². The number of aryl methyl sites for hydroxylation is 1. The molecule has 25 heavy (non-hydrogen) atoms. The van der Waals surface area contributed by atoms with E-state index in [0.29, 0.717) is 17.8 Å². The molecular weight excluding hydrogens is 318 g/mol. The normalized spacial score (nSPS) is 19.0. The highest BCUT2D eigenvalue weighted by atomic mass is 16.5. The Balaban J connectivity index is 2.02. The first kappa shape index (κ1) is 17.2. The number of ether oxygens (including phenoxy) is 1. The number of ketones is 1. The van der Waals surface area contributed by atoms with Gasteiger partial charge in [0.15, 0.2) is 5.60 Å². The molecule has 130 valence electrons. The first-order valence-electron chi connectivity index (χ1n) is 8.13. The number of carbonyl (C=O) groups excluding carboxylic acids is 2. The van der Waals surface area contributed by atoms with Crippen molar-refractivity contribution >= 4 is 17.4 Å². The highest BCUT2D eigenvalue weighted by Crippen LogP contribution is 2.44. The van der Waals surface area contributed by atoms with Gasteiger partial charge in [-0.3, -0.25) is 9.59 Å². The number of hydrogen-bond donors (Lipinski definition) is 1. The van der Waals surface area contributed by atoms with E-state index in [1.165, 1.54) is 6.92 Å². The lowest BCUT2D eigenvalue weighted by Crippen LogP contribution is -2.41. The zero-order chi connectivity index (χ0) is 18.2. The molecule has 0 bridgehead atoms. The van der Waals surface area contributed by atoms with Crippen LogP contribution in [-0.2, 0) is 21.7 Å². The lowest BCUT2D eigenvalue weighted by Gasteiger charge is -2.22. The number of nitrogens with zero attached hydrogens (tertiary/aromatic N) is 1. The van der Waals surface area contributed by atoms with Gasteiger partial charge >= 0.3 is 0 Å². The molecule has 1 amide bonds. The summed E-state index contributed by atoms with van der Waals surface area (Å²) in [6.07, 6.45) is -0.221. The second-order valence-corrected chi connectivity index (χ2v) is 6.45. The van der Waals surface area contributed by atoms with Crippen molar-refractivity contribution in [3.05, 3.63) is 59.2 Å². The van der Waals surface area contributed by atoms with Crippen LogP contribution >= 0.6 is 0 Å². The topological polar surface area (TPSA) is 66.8 Å². The molecule has 1 atom stereocenters. The van der Waals surface area contributed by atoms with E-state index in [0.717, 1.165) is 16.9 Å². The standard InChI is InChI=1S/C20H21NO4/c1-13-5-4-6-17-18(13)21(19(23)20(17,24)11-14(2)22)12-15-7-9-16(25-3)10-8-15/h4-10,24H,11-12H2,1-3H3/t20-/m1/s1. The van der Waals surface area contributed by atoms with Crippen LogP contribution in [0.15, 0.2) is 42.5 Å². The van der Waals surface area contributed by atoms with E-state index < -0.39 is 11.5 Å². The van der Waals surface area contributed by atoms with Crippen molar-refractivity contribution in [2.45, 2.75) is 32.4 Å². The average molecular weight is 339 g/mol. The van der Waals surface area contributed by atoms with E-state index in [1.807, 2.05) is 37.3 Å². The van der Waals surface area contributed by atoms with Crippen LogP contribution in [0.5, 0.6) is 5.75 Å². The Labute approximate surface area is 146 Å². The first-order valence-corrected chi connectivity index (χ1v) is 8.13. The van der Waals surface area contributed by atoms with Gasteiger partial charge in [0.2, 0.25) is 0 Å². The fourth-order valence-electron chi connectivity index (χ4n) is 3.39. The van der Waals surface area contributed by atoms with Gasteiger partial charge < -0.3 is 14.7 Å². The van der Waals surface area contributed by atoms with Crippen molar-refractivity contribution in [3.8, 4) is 5.75 Å². The molecule has 5 heteroatoms. The predicted octanol–water partition coefficient (Wildman–Crippen LogP) is 2.72. The molecule has 1 N–H and O–H groups in total. The molecule has 0 unspecified atom stereocenters. The Morgan fingerprint density at radius 1 is 1.20 bits per heavy atom. The van der Waals surface area contributed by atoms with Crippen molar-refractivity contribution in [2.75, 3.05) is 12.0 Å². The first-order chi connectivity index (χ1) is 11.9. The molecular formula is C20H21NO4. The van der Waals surface area contributed by atoms with E-state index in [1.54, 1.807) is 24.1 Å². The summed E-state index contributed by atoms with van der Waals surface area (Å²) in [5.41, 5.74) is 1.20. The number of rotatable bonds is 5. The van der Waals surface area contributed by atoms with Crippen LogP contribution in [0.1, 0.15) is 30.0 Å². The molecule has 1 heterocycles. The monoisotopic (exact) mass is 339 g/mol. The molecule has 0 fully saturated rings. The number of fused-ring (bicyclic) bond motifs is 1. The molecule has 1 aliphatic rings. The summed E-state index contributed by atoms with van der Waals surface area (Å²) in [6.45, 7) is 3.60. The van der Waals surface area contributed by atoms with Gasteiger partial charge in [-0.15, -0.1) is 0 Å². The lowest BCUT2D eigenvalue weighted by atomic mass is 9.89. The van der Waals surface area contributed by atoms with E-state index in [2.05, 4.69) is 0 Å². The van der Waals surface area contributed by atoms with Crippen molar-refractivity contribution in [3.63, 3.8) is 0 Å². The van der Waals surface area contributed by atoms with E-state index in [-0.39, 0.29) is 12.2 Å². The number of amides is 1. The van der Waals surface area contributed by atoms with E-state index >= 15 is 0 Å². The van der Waals surface area contributed by atoms with Crippen LogP contribution in [0.2, 0.25) is 0 Å². The third-order valence-electron chi connectivity index (χ3n) is 4.56. The Morgan fingerprint density at radius 2 is 1.88 bits per heavy atom. The minimum absolute atomic E-state index is 0.221. The van der Waals surface area contributed by atoms with Crippen LogP contribution in [0, 0.1) is 6.92 Å². The summed E-state index contributed by atoms with van der Waals surface area (Å²) in [7, 11) is 1.60. The highest BCUT2D eigenvalue weighted by Gasteiger charge is 2.50. The number of Topliss-reactive ketones (excluding diaryl/α,β-unsaturated/α-hetero) is 1. The second kappa shape index (κ2) is 6.33. The molecule has 3 rings (SSSR count). The van der Waals surface area contributed by atoms with Crippen molar-refractivity contribution in [1.29, 1.82) is 0 Å². The summed E-state index contributed by atoms with van der Waals surface area (Å²) < 4.78 is 5.15. The average Bonchev–Trinajstić information content (AvgIpc) is 2.78. The smallest absolute Gasteiger partial charge is 0.264 e. The van der Waals surface area contributed by atoms with Crippen LogP contribution < -0.4 is 9.64 Å². The number of aliphatic hydroxyl groups is 1. The minimum Gasteiger partial charge on any atom is -0.497 e. The second-order valence-electron chi connectivity index (χ2n) is 6.45. The van der Waals surface area contributed by atoms with Gasteiger partial charge in [0.1, 0.15) is 11.5 Å². The van der Waals surface area contributed by atoms with Gasteiger partial charge in [0.25, 0.3) is 5.91 Å². The third-order valence-corrected chi connectivity index (χ3v) is 4.56. The number of hydrogen-bond acceptors (Lipinski definition) is 4. The van der Waals surface area contributed by atoms with Crippen molar-refractivity contribution in [1.82, 2.24) is 0 Å². The summed E-state index contributed by atoms with van der Waals surface area (Å²) in [4.78, 5) is 26.2. The van der Waals surface area contributed by atoms with Gasteiger partial charge in [-0.1, -0.05) is 30.3 Å². The Hall–Kier alpha value is -2.66. The zero-order valence-corrected chi connectivity index (χ0v) is 14.6. The maximum Gasteiger partial charge on any atom is 0.264 e. The van der Waals surface area contributed by atoms with Gasteiger partial charge in [0.05, 0.1) is 19.3 Å². The van der Waals surface area contributed by atoms with E-state index in [4.69, 9.17) is 4.74 Å². The van der Waals surface area contributed by atoms with Crippen LogP contribution in [0.25, 0.3) is 0 Å². The molecule has 1 aliphatic heterocycles. The number of benzene rings is 2. The number of methoxy groups -OCH3 is 1. The minimum atomic E-state index is -1.79. The quantitative estimate of drug-likeness (QED) is 0.909. The fourth-order valence-corrected chi connectivity index (χ4v) is 3.39. The van der Waals surface area contributed by atoms with E-state index in [9.17, 15) is 14.7 Å². The number of carbonyl (C=O) groups is 2. The van der Waals surface area contributed by atoms with Gasteiger partial charge in [-0.2, -0.15) is 0 Å². The van der Waals surface area contributed by atoms with Gasteiger partial charge in [-0.05, 0) is 37.1 Å². The summed E-state index contributed by atoms with van der Waals surface area (Å²) >= 11 is 0. The third kappa shape index (κ3) is 2.91. The summed E-state index contributed by atoms with van der Waals surface area (Å²) in [5, 5.41) is 11.0. The Morgan fingerprint density at radius 3 is 2.48 bits per heavy atom. The molecule has 0 saturated heterocycles. The molecule has 0 radical (unpaired) electrons. The molecule has 0 saturated carbocycles. The number of anilines is 1. The summed E-state index contributed by atoms with van der Waals surface area (Å²) in [5.74, 6) is 0.0542. The van der Waals surface area contributed by atoms with Crippen LogP contribution in [-0.4, -0.2) is 23.9 Å². The Bertz CT molecular complexity index is 828. The predicted molar refractivity (Wildman–Crippen MR) is 94.6 cm³/mol. The molecule has 2 aromatic carbocycles. The fraction of sp³-hybridized carbons (Fsp3) is 0.300. The largest absolute Gasteiger partial charge is 0.497 e. The summed E-state index contributed by atoms with van der Waals surface area (Å²) in [6, 6.07) is 12.8. The molecule has 2 aromatic rings. The van der Waals surface area contributed by atoms with Gasteiger partial charge in [-0.25, -0.2) is 0 Å². The highest BCUT2D eigenvalue weighted by molar-refractivity contribution is 6.09. The van der Waals surface area contributed by atoms with Crippen molar-refractivity contribution < 1.29 is 19.4 Å². The SMILES string of the molecule is COc1ccc(CN2C(=O)[C@@](O)(CC(C)=O)c3cccc(C)c32)cc1. The lowest BCUT2D eigenvalue weighted by molar-refractivity contribution is -0.141. The van der Waals surface area contributed by atoms with Crippen LogP contribution in [0.3, 0.4) is 0 Å². The van der Waals surface area contributed by atoms with Crippen LogP contribution in [0.4, 0.5) is 5.69 Å². The van der Waals surface area contributed by atoms with Gasteiger partial charge in [0, 0.05) is 12.0 Å². The number of para-hydroxylation sites is 1. The zero-order valence-electron chi connectivity index (χ0n) is 14.6. The molecule has 0 aromatic heterocycles. The molecule has 5 nitrogen and oxygen atoms in total. The molecule has 0 spiro atoms. The maximum absolute atomic E-state index is 13.0.